The van der Waals surface area contributed by atoms with Crippen LogP contribution in [0, 0.1) is 0 Å². The fourth-order valence-electron chi connectivity index (χ4n) is 8.39. The van der Waals surface area contributed by atoms with E-state index in [1.165, 1.54) is 49.6 Å². The molecule has 0 amide bonds. The molecule has 0 aliphatic heterocycles. The van der Waals surface area contributed by atoms with Crippen molar-refractivity contribution >= 4 is 32.7 Å². The van der Waals surface area contributed by atoms with Crippen molar-refractivity contribution in [1.82, 2.24) is 14.5 Å². The molecule has 1 aliphatic rings. The van der Waals surface area contributed by atoms with Crippen molar-refractivity contribution in [3.63, 3.8) is 0 Å². The van der Waals surface area contributed by atoms with Gasteiger partial charge in [0.25, 0.3) is 0 Å². The molecular weight excluding hydrogens is 607 g/mol. The summed E-state index contributed by atoms with van der Waals surface area (Å²) in [7, 11) is 0. The first-order valence-electron chi connectivity index (χ1n) is 17.2. The standard InChI is InChI=1S/C47H33N3/c1-47(2)40-18-7-6-16-37(40)38-21-23-43-44(45(38)47)39-29-31(20-22-42(39)50(43)35-14-4-3-5-15-35)32-26-33(28-34(27-32)41-19-8-9-24-48-41)36-17-10-12-30-13-11-25-49-46(30)36/h3-29H,1-2H3. The third-order valence-corrected chi connectivity index (χ3v) is 10.6. The quantitative estimate of drug-likeness (QED) is 0.192. The van der Waals surface area contributed by atoms with Crippen LogP contribution in [0.5, 0.6) is 0 Å². The van der Waals surface area contributed by atoms with Gasteiger partial charge in [0.1, 0.15) is 0 Å². The van der Waals surface area contributed by atoms with E-state index in [0.717, 1.165) is 44.5 Å². The second kappa shape index (κ2) is 10.8. The highest BCUT2D eigenvalue weighted by Crippen LogP contribution is 2.53. The number of fused-ring (bicyclic) bond motifs is 8. The lowest BCUT2D eigenvalue weighted by Crippen LogP contribution is -2.15. The molecule has 0 radical (unpaired) electrons. The predicted molar refractivity (Wildman–Crippen MR) is 208 cm³/mol. The molecule has 3 heteroatoms. The van der Waals surface area contributed by atoms with Gasteiger partial charge in [0, 0.05) is 50.8 Å². The molecule has 0 bridgehead atoms. The number of nitrogens with zero attached hydrogens (tertiary/aromatic N) is 3. The number of rotatable bonds is 4. The Kier molecular flexibility index (Phi) is 6.22. The number of benzene rings is 6. The SMILES string of the molecule is CC1(C)c2ccccc2-c2ccc3c(c21)c1cc(-c2cc(-c4ccccn4)cc(-c4cccc5cccnc45)c2)ccc1n3-c1ccccc1. The van der Waals surface area contributed by atoms with Crippen LogP contribution in [0.3, 0.4) is 0 Å². The van der Waals surface area contributed by atoms with Gasteiger partial charge in [-0.3, -0.25) is 9.97 Å². The van der Waals surface area contributed by atoms with Gasteiger partial charge in [0.05, 0.1) is 22.2 Å². The first kappa shape index (κ1) is 28.7. The van der Waals surface area contributed by atoms with Gasteiger partial charge in [-0.05, 0) is 106 Å². The van der Waals surface area contributed by atoms with Crippen molar-refractivity contribution in [3.8, 4) is 50.3 Å². The Morgan fingerprint density at radius 3 is 2.12 bits per heavy atom. The molecule has 0 unspecified atom stereocenters. The Labute approximate surface area is 291 Å². The summed E-state index contributed by atoms with van der Waals surface area (Å²) in [5.74, 6) is 0. The largest absolute Gasteiger partial charge is 0.309 e. The molecule has 0 atom stereocenters. The van der Waals surface area contributed by atoms with Crippen molar-refractivity contribution < 1.29 is 0 Å². The van der Waals surface area contributed by atoms with Crippen molar-refractivity contribution in [2.45, 2.75) is 19.3 Å². The molecule has 1 aliphatic carbocycles. The summed E-state index contributed by atoms with van der Waals surface area (Å²) in [4.78, 5) is 9.58. The zero-order valence-electron chi connectivity index (χ0n) is 27.9. The molecule has 3 aromatic heterocycles. The molecular formula is C47H33N3. The maximum absolute atomic E-state index is 4.81. The maximum Gasteiger partial charge on any atom is 0.0780 e. The Bertz CT molecular complexity index is 2770. The van der Waals surface area contributed by atoms with E-state index >= 15 is 0 Å². The van der Waals surface area contributed by atoms with Gasteiger partial charge in [-0.1, -0.05) is 98.8 Å². The monoisotopic (exact) mass is 639 g/mol. The van der Waals surface area contributed by atoms with Crippen molar-refractivity contribution in [3.05, 3.63) is 175 Å². The van der Waals surface area contributed by atoms with E-state index < -0.39 is 0 Å². The smallest absolute Gasteiger partial charge is 0.0780 e. The molecule has 0 saturated carbocycles. The number of para-hydroxylation sites is 2. The summed E-state index contributed by atoms with van der Waals surface area (Å²) in [6.45, 7) is 4.76. The van der Waals surface area contributed by atoms with Crippen LogP contribution >= 0.6 is 0 Å². The Morgan fingerprint density at radius 1 is 0.500 bits per heavy atom. The molecule has 10 rings (SSSR count). The summed E-state index contributed by atoms with van der Waals surface area (Å²) >= 11 is 0. The lowest BCUT2D eigenvalue weighted by molar-refractivity contribution is 0.666. The summed E-state index contributed by atoms with van der Waals surface area (Å²) in [6, 6.07) is 54.9. The van der Waals surface area contributed by atoms with Crippen LogP contribution in [-0.4, -0.2) is 14.5 Å². The van der Waals surface area contributed by atoms with Gasteiger partial charge < -0.3 is 4.57 Å². The van der Waals surface area contributed by atoms with Crippen LogP contribution in [0.2, 0.25) is 0 Å². The van der Waals surface area contributed by atoms with Crippen LogP contribution in [0.25, 0.3) is 83.0 Å². The highest BCUT2D eigenvalue weighted by Gasteiger charge is 2.38. The molecule has 0 spiro atoms. The lowest BCUT2D eigenvalue weighted by atomic mass is 9.80. The second-order valence-electron chi connectivity index (χ2n) is 13.9. The van der Waals surface area contributed by atoms with Crippen LogP contribution < -0.4 is 0 Å². The van der Waals surface area contributed by atoms with Gasteiger partial charge in [-0.2, -0.15) is 0 Å². The minimum absolute atomic E-state index is 0.148. The molecule has 9 aromatic rings. The summed E-state index contributed by atoms with van der Waals surface area (Å²) in [6.07, 6.45) is 3.75. The van der Waals surface area contributed by atoms with Gasteiger partial charge in [-0.25, -0.2) is 0 Å². The molecule has 236 valence electrons. The van der Waals surface area contributed by atoms with E-state index in [0.29, 0.717) is 0 Å². The third kappa shape index (κ3) is 4.23. The number of pyridine rings is 2. The first-order valence-corrected chi connectivity index (χ1v) is 17.2. The Morgan fingerprint density at radius 2 is 1.24 bits per heavy atom. The maximum atomic E-state index is 4.81. The minimum Gasteiger partial charge on any atom is -0.309 e. The summed E-state index contributed by atoms with van der Waals surface area (Å²) in [5.41, 5.74) is 16.5. The van der Waals surface area contributed by atoms with Gasteiger partial charge in [0.2, 0.25) is 0 Å². The van der Waals surface area contributed by atoms with E-state index in [1.807, 2.05) is 24.5 Å². The fourth-order valence-corrected chi connectivity index (χ4v) is 8.39. The molecule has 6 aromatic carbocycles. The van der Waals surface area contributed by atoms with Crippen molar-refractivity contribution in [2.24, 2.45) is 0 Å². The molecule has 0 saturated heterocycles. The van der Waals surface area contributed by atoms with Crippen LogP contribution in [0.15, 0.2) is 164 Å². The van der Waals surface area contributed by atoms with E-state index in [4.69, 9.17) is 9.97 Å². The molecule has 0 N–H and O–H groups in total. The van der Waals surface area contributed by atoms with Crippen molar-refractivity contribution in [2.75, 3.05) is 0 Å². The van der Waals surface area contributed by atoms with Crippen LogP contribution in [0.4, 0.5) is 0 Å². The highest BCUT2D eigenvalue weighted by molar-refractivity contribution is 6.15. The summed E-state index contributed by atoms with van der Waals surface area (Å²) < 4.78 is 2.44. The minimum atomic E-state index is -0.148. The topological polar surface area (TPSA) is 30.7 Å². The fraction of sp³-hybridized carbons (Fsp3) is 0.0638. The number of aromatic nitrogens is 3. The normalized spacial score (nSPS) is 13.2. The lowest BCUT2D eigenvalue weighted by Gasteiger charge is -2.22. The van der Waals surface area contributed by atoms with Crippen molar-refractivity contribution in [1.29, 1.82) is 0 Å². The average Bonchev–Trinajstić information content (AvgIpc) is 3.63. The second-order valence-corrected chi connectivity index (χ2v) is 13.9. The van der Waals surface area contributed by atoms with Crippen LogP contribution in [-0.2, 0) is 5.41 Å². The molecule has 50 heavy (non-hydrogen) atoms. The third-order valence-electron chi connectivity index (χ3n) is 10.6. The van der Waals surface area contributed by atoms with E-state index in [-0.39, 0.29) is 5.41 Å². The zero-order valence-corrected chi connectivity index (χ0v) is 27.9. The molecule has 3 heterocycles. The number of hydrogen-bond acceptors (Lipinski definition) is 2. The predicted octanol–water partition coefficient (Wildman–Crippen LogP) is 12.0. The van der Waals surface area contributed by atoms with E-state index in [2.05, 4.69) is 158 Å². The highest BCUT2D eigenvalue weighted by atomic mass is 15.0. The average molecular weight is 640 g/mol. The first-order chi connectivity index (χ1) is 24.6. The zero-order chi connectivity index (χ0) is 33.4. The van der Waals surface area contributed by atoms with Gasteiger partial charge in [0.15, 0.2) is 0 Å². The number of hydrogen-bond donors (Lipinski definition) is 0. The van der Waals surface area contributed by atoms with Gasteiger partial charge in [-0.15, -0.1) is 0 Å². The summed E-state index contributed by atoms with van der Waals surface area (Å²) in [5, 5.41) is 3.71. The van der Waals surface area contributed by atoms with E-state index in [9.17, 15) is 0 Å². The Hall–Kier alpha value is -6.32. The van der Waals surface area contributed by atoms with Crippen LogP contribution in [0.1, 0.15) is 25.0 Å². The van der Waals surface area contributed by atoms with E-state index in [1.54, 1.807) is 0 Å². The van der Waals surface area contributed by atoms with Gasteiger partial charge >= 0.3 is 0 Å². The Balaban J connectivity index is 1.27. The molecule has 3 nitrogen and oxygen atoms in total. The molecule has 0 fully saturated rings.